The van der Waals surface area contributed by atoms with Crippen LogP contribution in [0.1, 0.15) is 48.1 Å². The number of anilines is 1. The van der Waals surface area contributed by atoms with Gasteiger partial charge in [0.2, 0.25) is 5.91 Å². The predicted octanol–water partition coefficient (Wildman–Crippen LogP) is 2.69. The lowest BCUT2D eigenvalue weighted by molar-refractivity contribution is -0.137. The molecule has 6 heteroatoms. The number of nitrogens with one attached hydrogen (secondary N) is 1. The smallest absolute Gasteiger partial charge is 0.303 e. The third-order valence-corrected chi connectivity index (χ3v) is 4.54. The van der Waals surface area contributed by atoms with Crippen LogP contribution in [0.4, 0.5) is 5.00 Å². The number of unbranched alkanes of at least 4 members (excludes halogenated alkanes) is 1. The molecule has 5 nitrogen and oxygen atoms in total. The fourth-order valence-electron chi connectivity index (χ4n) is 2.36. The molecule has 2 rings (SSSR count). The number of aryl methyl sites for hydroxylation is 1. The number of nitrogens with zero attached hydrogens (tertiary/aromatic N) is 1. The average molecular weight is 292 g/mol. The SMILES string of the molecule is N#Cc1c(NC(=O)CCCCC(=O)O)sc2c1CCC2. The molecule has 0 saturated carbocycles. The Hall–Kier alpha value is -1.87. The number of carboxylic acids is 1. The lowest BCUT2D eigenvalue weighted by Gasteiger charge is -2.03. The summed E-state index contributed by atoms with van der Waals surface area (Å²) < 4.78 is 0. The lowest BCUT2D eigenvalue weighted by Crippen LogP contribution is -2.11. The Kier molecular flexibility index (Phi) is 4.74. The van der Waals surface area contributed by atoms with Crippen LogP contribution in [0.2, 0.25) is 0 Å². The molecule has 0 radical (unpaired) electrons. The molecule has 0 atom stereocenters. The highest BCUT2D eigenvalue weighted by atomic mass is 32.1. The van der Waals surface area contributed by atoms with Crippen LogP contribution in [0.15, 0.2) is 0 Å². The molecular weight excluding hydrogens is 276 g/mol. The van der Waals surface area contributed by atoms with E-state index in [1.165, 1.54) is 16.2 Å². The molecule has 1 aromatic heterocycles. The van der Waals surface area contributed by atoms with E-state index in [0.717, 1.165) is 24.8 Å². The van der Waals surface area contributed by atoms with Crippen LogP contribution in [0.3, 0.4) is 0 Å². The summed E-state index contributed by atoms with van der Waals surface area (Å²) in [6.07, 6.45) is 4.41. The fraction of sp³-hybridized carbons (Fsp3) is 0.500. The molecule has 0 aliphatic heterocycles. The maximum absolute atomic E-state index is 11.8. The molecule has 1 heterocycles. The van der Waals surface area contributed by atoms with Crippen molar-refractivity contribution in [2.45, 2.75) is 44.9 Å². The number of carbonyl (C=O) groups excluding carboxylic acids is 1. The second-order valence-corrected chi connectivity index (χ2v) is 5.93. The number of aliphatic carboxylic acids is 1. The first kappa shape index (κ1) is 14.5. The lowest BCUT2D eigenvalue weighted by atomic mass is 10.1. The van der Waals surface area contributed by atoms with Crippen LogP contribution < -0.4 is 5.32 Å². The van der Waals surface area contributed by atoms with Gasteiger partial charge in [-0.25, -0.2) is 0 Å². The molecule has 1 aromatic rings. The quantitative estimate of drug-likeness (QED) is 0.789. The molecule has 1 aliphatic carbocycles. The summed E-state index contributed by atoms with van der Waals surface area (Å²) in [7, 11) is 0. The van der Waals surface area contributed by atoms with Crippen LogP contribution in [0.5, 0.6) is 0 Å². The van der Waals surface area contributed by atoms with Crippen molar-refractivity contribution in [1.29, 1.82) is 5.26 Å². The van der Waals surface area contributed by atoms with Gasteiger partial charge in [-0.05, 0) is 37.7 Å². The first-order valence-electron chi connectivity index (χ1n) is 6.68. The molecule has 0 saturated heterocycles. The van der Waals surface area contributed by atoms with Crippen LogP contribution in [0, 0.1) is 11.3 Å². The van der Waals surface area contributed by atoms with E-state index < -0.39 is 5.97 Å². The van der Waals surface area contributed by atoms with Gasteiger partial charge >= 0.3 is 5.97 Å². The molecule has 106 valence electrons. The van der Waals surface area contributed by atoms with Crippen molar-refractivity contribution in [3.8, 4) is 6.07 Å². The number of hydrogen-bond acceptors (Lipinski definition) is 4. The summed E-state index contributed by atoms with van der Waals surface area (Å²) in [6.45, 7) is 0. The molecule has 0 fully saturated rings. The van der Waals surface area contributed by atoms with Crippen molar-refractivity contribution >= 4 is 28.2 Å². The van der Waals surface area contributed by atoms with Gasteiger partial charge in [-0.3, -0.25) is 9.59 Å². The summed E-state index contributed by atoms with van der Waals surface area (Å²) in [5.41, 5.74) is 1.71. The van der Waals surface area contributed by atoms with Gasteiger partial charge < -0.3 is 10.4 Å². The van der Waals surface area contributed by atoms with E-state index in [0.29, 0.717) is 29.8 Å². The highest BCUT2D eigenvalue weighted by Gasteiger charge is 2.22. The third kappa shape index (κ3) is 3.36. The number of fused-ring (bicyclic) bond motifs is 1. The predicted molar refractivity (Wildman–Crippen MR) is 75.8 cm³/mol. The van der Waals surface area contributed by atoms with Crippen LogP contribution in [-0.2, 0) is 22.4 Å². The first-order valence-corrected chi connectivity index (χ1v) is 7.49. The Bertz CT molecular complexity index is 572. The Morgan fingerprint density at radius 3 is 2.75 bits per heavy atom. The Labute approximate surface area is 121 Å². The van der Waals surface area contributed by atoms with Crippen molar-refractivity contribution in [3.05, 3.63) is 16.0 Å². The molecule has 1 aliphatic rings. The number of nitriles is 1. The maximum atomic E-state index is 11.8. The van der Waals surface area contributed by atoms with Gasteiger partial charge in [0.05, 0.1) is 5.56 Å². The van der Waals surface area contributed by atoms with E-state index in [9.17, 15) is 14.9 Å². The summed E-state index contributed by atoms with van der Waals surface area (Å²) in [6, 6.07) is 2.18. The van der Waals surface area contributed by atoms with Crippen molar-refractivity contribution in [3.63, 3.8) is 0 Å². The third-order valence-electron chi connectivity index (χ3n) is 3.33. The minimum Gasteiger partial charge on any atom is -0.481 e. The van der Waals surface area contributed by atoms with Gasteiger partial charge in [0.15, 0.2) is 0 Å². The summed E-state index contributed by atoms with van der Waals surface area (Å²) in [5.74, 6) is -0.987. The number of rotatable bonds is 6. The highest BCUT2D eigenvalue weighted by molar-refractivity contribution is 7.16. The molecule has 2 N–H and O–H groups in total. The van der Waals surface area contributed by atoms with Crippen molar-refractivity contribution in [2.24, 2.45) is 0 Å². The maximum Gasteiger partial charge on any atom is 0.303 e. The first-order chi connectivity index (χ1) is 9.61. The Balaban J connectivity index is 1.89. The molecular formula is C14H16N2O3S. The van der Waals surface area contributed by atoms with Gasteiger partial charge in [0, 0.05) is 17.7 Å². The molecule has 20 heavy (non-hydrogen) atoms. The minimum atomic E-state index is -0.841. The number of carbonyl (C=O) groups is 2. The molecule has 0 unspecified atom stereocenters. The molecule has 0 bridgehead atoms. The van der Waals surface area contributed by atoms with E-state index in [2.05, 4.69) is 11.4 Å². The van der Waals surface area contributed by atoms with Crippen LogP contribution in [0.25, 0.3) is 0 Å². The normalized spacial score (nSPS) is 12.8. The number of hydrogen-bond donors (Lipinski definition) is 2. The Morgan fingerprint density at radius 1 is 1.30 bits per heavy atom. The monoisotopic (exact) mass is 292 g/mol. The van der Waals surface area contributed by atoms with E-state index in [4.69, 9.17) is 5.11 Å². The Morgan fingerprint density at radius 2 is 2.05 bits per heavy atom. The number of carboxylic acid groups (broad SMARTS) is 1. The van der Waals surface area contributed by atoms with Gasteiger partial charge in [0.1, 0.15) is 11.1 Å². The zero-order valence-corrected chi connectivity index (χ0v) is 11.9. The standard InChI is InChI=1S/C14H16N2O3S/c15-8-10-9-4-3-5-11(9)20-14(10)16-12(17)6-1-2-7-13(18)19/h1-7H2,(H,16,17)(H,18,19). The van der Waals surface area contributed by atoms with E-state index in [1.54, 1.807) is 0 Å². The fourth-order valence-corrected chi connectivity index (χ4v) is 3.62. The molecule has 0 spiro atoms. The van der Waals surface area contributed by atoms with Gasteiger partial charge in [-0.15, -0.1) is 11.3 Å². The van der Waals surface area contributed by atoms with E-state index in [-0.39, 0.29) is 12.3 Å². The zero-order chi connectivity index (χ0) is 14.5. The number of amides is 1. The zero-order valence-electron chi connectivity index (χ0n) is 11.1. The van der Waals surface area contributed by atoms with Gasteiger partial charge in [-0.2, -0.15) is 5.26 Å². The molecule has 0 aromatic carbocycles. The van der Waals surface area contributed by atoms with Crippen LogP contribution in [-0.4, -0.2) is 17.0 Å². The second kappa shape index (κ2) is 6.53. The number of thiophene rings is 1. The van der Waals surface area contributed by atoms with Crippen LogP contribution >= 0.6 is 11.3 Å². The summed E-state index contributed by atoms with van der Waals surface area (Å²) in [5, 5.41) is 21.2. The van der Waals surface area contributed by atoms with Gasteiger partial charge in [-0.1, -0.05) is 0 Å². The summed E-state index contributed by atoms with van der Waals surface area (Å²) in [4.78, 5) is 23.4. The molecule has 1 amide bonds. The minimum absolute atomic E-state index is 0.0873. The largest absolute Gasteiger partial charge is 0.481 e. The topological polar surface area (TPSA) is 90.2 Å². The van der Waals surface area contributed by atoms with E-state index in [1.807, 2.05) is 0 Å². The van der Waals surface area contributed by atoms with Gasteiger partial charge in [0.25, 0.3) is 0 Å². The second-order valence-electron chi connectivity index (χ2n) is 4.82. The van der Waals surface area contributed by atoms with Crippen molar-refractivity contribution in [2.75, 3.05) is 5.32 Å². The highest BCUT2D eigenvalue weighted by Crippen LogP contribution is 2.38. The van der Waals surface area contributed by atoms with Crippen molar-refractivity contribution in [1.82, 2.24) is 0 Å². The van der Waals surface area contributed by atoms with E-state index >= 15 is 0 Å². The van der Waals surface area contributed by atoms with Crippen molar-refractivity contribution < 1.29 is 14.7 Å². The summed E-state index contributed by atoms with van der Waals surface area (Å²) >= 11 is 1.50. The average Bonchev–Trinajstić information content (AvgIpc) is 2.94.